The van der Waals surface area contributed by atoms with Gasteiger partial charge in [0.05, 0.1) is 0 Å². The standard InChI is InChI=1S/C25H32F3N3O3S/c26-22-8-2-4-10-24(22)35(32,33)31(18-17-29-13-5-6-14-29)21-11-15-30(16-12-21)19-20-7-1-3-9-23(20)34-25(27)28/h1-4,7-10,21,25H,5-6,11-19H2. The van der Waals surface area contributed by atoms with E-state index in [1.807, 2.05) is 0 Å². The van der Waals surface area contributed by atoms with E-state index in [0.717, 1.165) is 25.9 Å². The van der Waals surface area contributed by atoms with Crippen molar-refractivity contribution >= 4 is 10.0 Å². The molecule has 0 atom stereocenters. The number of likely N-dealkylation sites (tertiary alicyclic amines) is 2. The topological polar surface area (TPSA) is 53.1 Å². The van der Waals surface area contributed by atoms with E-state index in [2.05, 4.69) is 14.5 Å². The van der Waals surface area contributed by atoms with Gasteiger partial charge in [0.25, 0.3) is 0 Å². The van der Waals surface area contributed by atoms with Gasteiger partial charge in [-0.15, -0.1) is 0 Å². The third-order valence-corrected chi connectivity index (χ3v) is 8.79. The molecule has 192 valence electrons. The molecule has 0 unspecified atom stereocenters. The second-order valence-electron chi connectivity index (χ2n) is 9.09. The summed E-state index contributed by atoms with van der Waals surface area (Å²) in [6, 6.07) is 12.0. The van der Waals surface area contributed by atoms with Crippen molar-refractivity contribution in [1.82, 2.24) is 14.1 Å². The zero-order valence-electron chi connectivity index (χ0n) is 19.7. The van der Waals surface area contributed by atoms with Gasteiger partial charge in [0.15, 0.2) is 0 Å². The Kier molecular flexibility index (Phi) is 8.69. The number of hydrogen-bond donors (Lipinski definition) is 0. The summed E-state index contributed by atoms with van der Waals surface area (Å²) in [6.07, 6.45) is 3.36. The van der Waals surface area contributed by atoms with Gasteiger partial charge >= 0.3 is 6.61 Å². The lowest BCUT2D eigenvalue weighted by Gasteiger charge is -2.38. The van der Waals surface area contributed by atoms with Crippen LogP contribution in [0.25, 0.3) is 0 Å². The second-order valence-corrected chi connectivity index (χ2v) is 10.9. The first kappa shape index (κ1) is 25.9. The highest BCUT2D eigenvalue weighted by Crippen LogP contribution is 2.28. The molecule has 35 heavy (non-hydrogen) atoms. The number of nitrogens with zero attached hydrogens (tertiary/aromatic N) is 3. The molecule has 4 rings (SSSR count). The van der Waals surface area contributed by atoms with Gasteiger partial charge in [-0.05, 0) is 57.0 Å². The number of para-hydroxylation sites is 1. The van der Waals surface area contributed by atoms with Gasteiger partial charge in [0, 0.05) is 44.3 Å². The predicted octanol–water partition coefficient (Wildman–Crippen LogP) is 4.18. The molecule has 2 aliphatic rings. The van der Waals surface area contributed by atoms with Crippen molar-refractivity contribution in [3.63, 3.8) is 0 Å². The maximum Gasteiger partial charge on any atom is 0.387 e. The Hall–Kier alpha value is -2.14. The van der Waals surface area contributed by atoms with Gasteiger partial charge < -0.3 is 9.64 Å². The van der Waals surface area contributed by atoms with Crippen LogP contribution >= 0.6 is 0 Å². The van der Waals surface area contributed by atoms with Gasteiger partial charge in [-0.2, -0.15) is 13.1 Å². The van der Waals surface area contributed by atoms with Gasteiger partial charge in [0.2, 0.25) is 10.0 Å². The first-order valence-electron chi connectivity index (χ1n) is 12.1. The molecule has 0 radical (unpaired) electrons. The summed E-state index contributed by atoms with van der Waals surface area (Å²) in [5.74, 6) is -0.592. The van der Waals surface area contributed by atoms with Crippen molar-refractivity contribution in [2.75, 3.05) is 39.3 Å². The minimum absolute atomic E-state index is 0.152. The molecule has 0 aliphatic carbocycles. The van der Waals surface area contributed by atoms with E-state index < -0.39 is 22.5 Å². The van der Waals surface area contributed by atoms with Crippen molar-refractivity contribution in [3.8, 4) is 5.75 Å². The second kappa shape index (κ2) is 11.7. The number of hydrogen-bond acceptors (Lipinski definition) is 5. The monoisotopic (exact) mass is 511 g/mol. The van der Waals surface area contributed by atoms with E-state index in [0.29, 0.717) is 51.1 Å². The summed E-state index contributed by atoms with van der Waals surface area (Å²) in [7, 11) is -4.01. The van der Waals surface area contributed by atoms with Gasteiger partial charge in [0.1, 0.15) is 16.5 Å². The van der Waals surface area contributed by atoms with Crippen LogP contribution in [0.1, 0.15) is 31.2 Å². The van der Waals surface area contributed by atoms with Crippen molar-refractivity contribution in [3.05, 3.63) is 59.9 Å². The minimum Gasteiger partial charge on any atom is -0.434 e. The molecule has 2 aromatic carbocycles. The SMILES string of the molecule is O=S(=O)(c1ccccc1F)N(CCN1CCCC1)C1CCN(Cc2ccccc2OC(F)F)CC1. The van der Waals surface area contributed by atoms with E-state index in [4.69, 9.17) is 0 Å². The Balaban J connectivity index is 1.46. The number of ether oxygens (including phenoxy) is 1. The normalized spacial score (nSPS) is 18.5. The average molecular weight is 512 g/mol. The molecule has 6 nitrogen and oxygen atoms in total. The van der Waals surface area contributed by atoms with Crippen molar-refractivity contribution in [2.24, 2.45) is 0 Å². The first-order chi connectivity index (χ1) is 16.8. The van der Waals surface area contributed by atoms with E-state index in [-0.39, 0.29) is 16.7 Å². The predicted molar refractivity (Wildman–Crippen MR) is 127 cm³/mol. The van der Waals surface area contributed by atoms with Crippen molar-refractivity contribution < 1.29 is 26.3 Å². The zero-order valence-corrected chi connectivity index (χ0v) is 20.5. The summed E-state index contributed by atoms with van der Waals surface area (Å²) in [6.45, 7) is 1.57. The van der Waals surface area contributed by atoms with Crippen LogP contribution in [0.4, 0.5) is 13.2 Å². The summed E-state index contributed by atoms with van der Waals surface area (Å²) >= 11 is 0. The van der Waals surface area contributed by atoms with Crippen LogP contribution in [0, 0.1) is 5.82 Å². The molecule has 2 aromatic rings. The van der Waals surface area contributed by atoms with E-state index in [9.17, 15) is 21.6 Å². The molecular weight excluding hydrogens is 479 g/mol. The Bertz CT molecular complexity index is 1070. The molecule has 2 fully saturated rings. The third kappa shape index (κ3) is 6.55. The number of alkyl halides is 2. The molecule has 0 saturated carbocycles. The van der Waals surface area contributed by atoms with Crippen LogP contribution in [0.3, 0.4) is 0 Å². The lowest BCUT2D eigenvalue weighted by molar-refractivity contribution is -0.0508. The zero-order chi connectivity index (χ0) is 24.8. The quantitative estimate of drug-likeness (QED) is 0.479. The highest BCUT2D eigenvalue weighted by atomic mass is 32.2. The first-order valence-corrected chi connectivity index (χ1v) is 13.5. The van der Waals surface area contributed by atoms with Crippen LogP contribution in [-0.4, -0.2) is 74.4 Å². The van der Waals surface area contributed by atoms with Crippen LogP contribution in [0.15, 0.2) is 53.4 Å². The molecule has 0 spiro atoms. The Labute approximate surface area is 205 Å². The van der Waals surface area contributed by atoms with E-state index in [1.165, 1.54) is 34.6 Å². The van der Waals surface area contributed by atoms with Crippen molar-refractivity contribution in [1.29, 1.82) is 0 Å². The fraction of sp³-hybridized carbons (Fsp3) is 0.520. The van der Waals surface area contributed by atoms with Gasteiger partial charge in [-0.25, -0.2) is 12.8 Å². The molecular formula is C25H32F3N3O3S. The maximum absolute atomic E-state index is 14.5. The van der Waals surface area contributed by atoms with Crippen LogP contribution < -0.4 is 4.74 Å². The van der Waals surface area contributed by atoms with Gasteiger partial charge in [-0.1, -0.05) is 30.3 Å². The van der Waals surface area contributed by atoms with Crippen molar-refractivity contribution in [2.45, 2.75) is 49.8 Å². The molecule has 0 amide bonds. The van der Waals surface area contributed by atoms with E-state index in [1.54, 1.807) is 18.2 Å². The summed E-state index contributed by atoms with van der Waals surface area (Å²) in [5, 5.41) is 0. The van der Waals surface area contributed by atoms with E-state index >= 15 is 0 Å². The van der Waals surface area contributed by atoms with Crippen LogP contribution in [0.2, 0.25) is 0 Å². The molecule has 2 heterocycles. The lowest BCUT2D eigenvalue weighted by atomic mass is 10.0. The number of halogens is 3. The summed E-state index contributed by atoms with van der Waals surface area (Å²) in [5.41, 5.74) is 0.663. The number of piperidine rings is 1. The fourth-order valence-electron chi connectivity index (χ4n) is 4.98. The summed E-state index contributed by atoms with van der Waals surface area (Å²) < 4.78 is 73.2. The highest BCUT2D eigenvalue weighted by molar-refractivity contribution is 7.89. The molecule has 0 N–H and O–H groups in total. The number of rotatable bonds is 10. The lowest BCUT2D eigenvalue weighted by Crippen LogP contribution is -2.49. The fourth-order valence-corrected chi connectivity index (χ4v) is 6.72. The van der Waals surface area contributed by atoms with Crippen LogP contribution in [-0.2, 0) is 16.6 Å². The molecule has 0 aromatic heterocycles. The third-order valence-electron chi connectivity index (χ3n) is 6.81. The molecule has 2 saturated heterocycles. The Morgan fingerprint density at radius 2 is 1.60 bits per heavy atom. The highest BCUT2D eigenvalue weighted by Gasteiger charge is 2.35. The molecule has 0 bridgehead atoms. The molecule has 2 aliphatic heterocycles. The minimum atomic E-state index is -4.01. The number of benzene rings is 2. The largest absolute Gasteiger partial charge is 0.434 e. The smallest absolute Gasteiger partial charge is 0.387 e. The average Bonchev–Trinajstić information content (AvgIpc) is 3.35. The number of sulfonamides is 1. The Morgan fingerprint density at radius 3 is 2.29 bits per heavy atom. The maximum atomic E-state index is 14.5. The Morgan fingerprint density at radius 1 is 0.943 bits per heavy atom. The van der Waals surface area contributed by atoms with Crippen LogP contribution in [0.5, 0.6) is 5.75 Å². The summed E-state index contributed by atoms with van der Waals surface area (Å²) in [4.78, 5) is 4.07. The molecule has 10 heteroatoms. The van der Waals surface area contributed by atoms with Gasteiger partial charge in [-0.3, -0.25) is 4.90 Å².